The molecule has 0 saturated heterocycles. The molecule has 0 N–H and O–H groups in total. The molecular formula is C12H20ClN3. The number of aromatic nitrogens is 2. The van der Waals surface area contributed by atoms with Gasteiger partial charge in [-0.15, -0.1) is 0 Å². The van der Waals surface area contributed by atoms with Crippen LogP contribution in [0.3, 0.4) is 0 Å². The second-order valence-electron chi connectivity index (χ2n) is 3.92. The number of anilines is 1. The van der Waals surface area contributed by atoms with E-state index in [-0.39, 0.29) is 0 Å². The van der Waals surface area contributed by atoms with Crippen LogP contribution < -0.4 is 4.90 Å². The lowest BCUT2D eigenvalue weighted by atomic mass is 10.0. The number of hydrogen-bond donors (Lipinski definition) is 0. The molecule has 0 spiro atoms. The number of rotatable bonds is 6. The minimum atomic E-state index is 0.507. The molecule has 3 nitrogen and oxygen atoms in total. The molecule has 0 fully saturated rings. The van der Waals surface area contributed by atoms with E-state index in [1.165, 1.54) is 19.2 Å². The Kier molecular flexibility index (Phi) is 5.53. The Morgan fingerprint density at radius 2 is 1.94 bits per heavy atom. The Labute approximate surface area is 103 Å². The van der Waals surface area contributed by atoms with E-state index in [2.05, 4.69) is 35.6 Å². The van der Waals surface area contributed by atoms with Crippen LogP contribution in [0.2, 0.25) is 5.15 Å². The first-order valence-electron chi connectivity index (χ1n) is 5.93. The van der Waals surface area contributed by atoms with Gasteiger partial charge >= 0.3 is 0 Å². The number of hydrogen-bond acceptors (Lipinski definition) is 3. The van der Waals surface area contributed by atoms with E-state index in [0.29, 0.717) is 11.1 Å². The van der Waals surface area contributed by atoms with Crippen molar-refractivity contribution in [1.29, 1.82) is 0 Å². The Morgan fingerprint density at radius 3 is 2.44 bits per heavy atom. The molecular weight excluding hydrogens is 222 g/mol. The van der Waals surface area contributed by atoms with Gasteiger partial charge in [0.2, 0.25) is 0 Å². The van der Waals surface area contributed by atoms with Crippen LogP contribution in [-0.2, 0) is 0 Å². The molecule has 0 atom stereocenters. The van der Waals surface area contributed by atoms with Crippen molar-refractivity contribution in [3.8, 4) is 0 Å². The average Bonchev–Trinajstić information content (AvgIpc) is 2.31. The van der Waals surface area contributed by atoms with E-state index >= 15 is 0 Å². The maximum absolute atomic E-state index is 5.87. The van der Waals surface area contributed by atoms with Gasteiger partial charge in [0, 0.05) is 19.2 Å². The minimum absolute atomic E-state index is 0.507. The Hall–Kier alpha value is -0.830. The molecule has 4 heteroatoms. The zero-order valence-electron chi connectivity index (χ0n) is 10.3. The summed E-state index contributed by atoms with van der Waals surface area (Å²) in [7, 11) is 0. The zero-order chi connectivity index (χ0) is 12.0. The molecule has 0 unspecified atom stereocenters. The third kappa shape index (κ3) is 3.63. The van der Waals surface area contributed by atoms with Crippen molar-refractivity contribution in [1.82, 2.24) is 9.97 Å². The van der Waals surface area contributed by atoms with Crippen LogP contribution in [0.4, 0.5) is 5.82 Å². The van der Waals surface area contributed by atoms with Gasteiger partial charge in [0.1, 0.15) is 17.3 Å². The Balaban J connectivity index is 2.74. The van der Waals surface area contributed by atoms with Gasteiger partial charge < -0.3 is 4.90 Å². The quantitative estimate of drug-likeness (QED) is 0.715. The highest BCUT2D eigenvalue weighted by atomic mass is 35.5. The Morgan fingerprint density at radius 1 is 1.25 bits per heavy atom. The van der Waals surface area contributed by atoms with E-state index in [0.717, 1.165) is 18.9 Å². The summed E-state index contributed by atoms with van der Waals surface area (Å²) in [5.41, 5.74) is 0. The molecule has 90 valence electrons. The Bertz CT molecular complexity index is 313. The molecule has 1 aromatic rings. The lowest BCUT2D eigenvalue weighted by Crippen LogP contribution is -2.29. The molecule has 1 heterocycles. The third-order valence-corrected chi connectivity index (χ3v) is 3.16. The normalized spacial score (nSPS) is 10.8. The molecule has 0 aliphatic heterocycles. The summed E-state index contributed by atoms with van der Waals surface area (Å²) in [4.78, 5) is 10.4. The maximum Gasteiger partial charge on any atom is 0.134 e. The maximum atomic E-state index is 5.87. The fourth-order valence-corrected chi connectivity index (χ4v) is 1.88. The fourth-order valence-electron chi connectivity index (χ4n) is 1.74. The molecule has 0 aromatic carbocycles. The topological polar surface area (TPSA) is 29.0 Å². The van der Waals surface area contributed by atoms with Gasteiger partial charge in [0.15, 0.2) is 0 Å². The smallest absolute Gasteiger partial charge is 0.134 e. The summed E-state index contributed by atoms with van der Waals surface area (Å²) in [6.07, 6.45) is 3.92. The first-order chi connectivity index (χ1) is 7.71. The largest absolute Gasteiger partial charge is 0.356 e. The fraction of sp³-hybridized carbons (Fsp3) is 0.667. The highest BCUT2D eigenvalue weighted by molar-refractivity contribution is 6.29. The zero-order valence-corrected chi connectivity index (χ0v) is 11.0. The third-order valence-electron chi connectivity index (χ3n) is 2.96. The van der Waals surface area contributed by atoms with Crippen LogP contribution in [0.5, 0.6) is 0 Å². The predicted molar refractivity (Wildman–Crippen MR) is 69.0 cm³/mol. The van der Waals surface area contributed by atoms with Gasteiger partial charge in [-0.05, 0) is 12.8 Å². The number of halogens is 1. The molecule has 0 bridgehead atoms. The summed E-state index contributed by atoms with van der Waals surface area (Å²) in [6.45, 7) is 8.59. The molecule has 0 aliphatic carbocycles. The van der Waals surface area contributed by atoms with Crippen molar-refractivity contribution >= 4 is 17.4 Å². The highest BCUT2D eigenvalue weighted by Crippen LogP contribution is 2.17. The predicted octanol–water partition coefficient (Wildman–Crippen LogP) is 3.39. The SMILES string of the molecule is CCC(CC)CN(CC)c1cc(Cl)ncn1. The standard InChI is InChI=1S/C12H20ClN3/c1-4-10(5-2)8-16(6-3)12-7-11(13)14-9-15-12/h7,9-10H,4-6,8H2,1-3H3. The molecule has 0 amide bonds. The van der Waals surface area contributed by atoms with E-state index < -0.39 is 0 Å². The molecule has 0 radical (unpaired) electrons. The summed E-state index contributed by atoms with van der Waals surface area (Å²) in [6, 6.07) is 1.83. The average molecular weight is 242 g/mol. The van der Waals surface area contributed by atoms with Gasteiger partial charge in [-0.1, -0.05) is 38.3 Å². The first-order valence-corrected chi connectivity index (χ1v) is 6.31. The summed E-state index contributed by atoms with van der Waals surface area (Å²) in [5, 5.41) is 0.507. The molecule has 1 aromatic heterocycles. The van der Waals surface area contributed by atoms with Gasteiger partial charge in [-0.25, -0.2) is 9.97 Å². The number of nitrogens with zero attached hydrogens (tertiary/aromatic N) is 3. The van der Waals surface area contributed by atoms with E-state index in [4.69, 9.17) is 11.6 Å². The molecule has 0 aliphatic rings. The highest BCUT2D eigenvalue weighted by Gasteiger charge is 2.11. The van der Waals surface area contributed by atoms with Crippen molar-refractivity contribution in [3.63, 3.8) is 0 Å². The van der Waals surface area contributed by atoms with Crippen molar-refractivity contribution in [2.24, 2.45) is 5.92 Å². The minimum Gasteiger partial charge on any atom is -0.356 e. The van der Waals surface area contributed by atoms with Crippen LogP contribution in [0.15, 0.2) is 12.4 Å². The van der Waals surface area contributed by atoms with Crippen LogP contribution in [0.1, 0.15) is 33.6 Å². The van der Waals surface area contributed by atoms with Crippen molar-refractivity contribution in [2.45, 2.75) is 33.6 Å². The molecule has 1 rings (SSSR count). The van der Waals surface area contributed by atoms with Gasteiger partial charge in [0.05, 0.1) is 0 Å². The van der Waals surface area contributed by atoms with Crippen molar-refractivity contribution in [3.05, 3.63) is 17.5 Å². The van der Waals surface area contributed by atoms with Crippen molar-refractivity contribution < 1.29 is 0 Å². The van der Waals surface area contributed by atoms with Crippen LogP contribution in [0, 0.1) is 5.92 Å². The second-order valence-corrected chi connectivity index (χ2v) is 4.31. The lowest BCUT2D eigenvalue weighted by molar-refractivity contribution is 0.484. The molecule has 16 heavy (non-hydrogen) atoms. The summed E-state index contributed by atoms with van der Waals surface area (Å²) >= 11 is 5.87. The van der Waals surface area contributed by atoms with E-state index in [9.17, 15) is 0 Å². The first kappa shape index (κ1) is 13.2. The van der Waals surface area contributed by atoms with Crippen LogP contribution >= 0.6 is 11.6 Å². The van der Waals surface area contributed by atoms with Gasteiger partial charge in [0.25, 0.3) is 0 Å². The van der Waals surface area contributed by atoms with Crippen LogP contribution in [0.25, 0.3) is 0 Å². The second kappa shape index (κ2) is 6.69. The van der Waals surface area contributed by atoms with Crippen molar-refractivity contribution in [2.75, 3.05) is 18.0 Å². The van der Waals surface area contributed by atoms with E-state index in [1.807, 2.05) is 6.07 Å². The van der Waals surface area contributed by atoms with E-state index in [1.54, 1.807) is 0 Å². The van der Waals surface area contributed by atoms with Gasteiger partial charge in [-0.3, -0.25) is 0 Å². The lowest BCUT2D eigenvalue weighted by Gasteiger charge is -2.26. The summed E-state index contributed by atoms with van der Waals surface area (Å²) in [5.74, 6) is 1.64. The van der Waals surface area contributed by atoms with Crippen LogP contribution in [-0.4, -0.2) is 23.1 Å². The monoisotopic (exact) mass is 241 g/mol. The van der Waals surface area contributed by atoms with Gasteiger partial charge in [-0.2, -0.15) is 0 Å². The summed E-state index contributed by atoms with van der Waals surface area (Å²) < 4.78 is 0. The molecule has 0 saturated carbocycles.